The number of hydrogen-bond donors (Lipinski definition) is 0. The highest BCUT2D eigenvalue weighted by molar-refractivity contribution is 4.49. The molecule has 0 nitrogen and oxygen atoms in total. The highest BCUT2D eigenvalue weighted by Crippen LogP contribution is 2.11. The van der Waals surface area contributed by atoms with Crippen molar-refractivity contribution in [2.45, 2.75) is 101 Å². The molecular formula is C20H47F. The van der Waals surface area contributed by atoms with E-state index in [-0.39, 0.29) is 0 Å². The first-order valence-corrected chi connectivity index (χ1v) is 9.13. The minimum atomic E-state index is 0.500. The minimum Gasteiger partial charge on any atom is -0.255 e. The van der Waals surface area contributed by atoms with E-state index in [1.165, 1.54) is 32.1 Å². The van der Waals surface area contributed by atoms with E-state index in [2.05, 4.69) is 55.4 Å². The Bertz CT molecular complexity index is 121. The van der Waals surface area contributed by atoms with Gasteiger partial charge in [0.2, 0.25) is 0 Å². The van der Waals surface area contributed by atoms with Gasteiger partial charge in [0.15, 0.2) is 0 Å². The summed E-state index contributed by atoms with van der Waals surface area (Å²) in [6.07, 6.45) is 6.99. The van der Waals surface area contributed by atoms with E-state index in [1.807, 2.05) is 13.8 Å². The molecule has 0 N–H and O–H groups in total. The molecule has 0 unspecified atom stereocenters. The second kappa shape index (κ2) is 24.9. The molecule has 0 saturated carbocycles. The highest BCUT2D eigenvalue weighted by Gasteiger charge is 1.96. The normalized spacial score (nSPS) is 9.71. The van der Waals surface area contributed by atoms with Crippen molar-refractivity contribution in [1.29, 1.82) is 0 Å². The van der Waals surface area contributed by atoms with Crippen LogP contribution in [0.2, 0.25) is 0 Å². The maximum Gasteiger partial charge on any atom is 0.0785 e. The highest BCUT2D eigenvalue weighted by atomic mass is 19.1. The molecule has 0 aromatic heterocycles. The van der Waals surface area contributed by atoms with Gasteiger partial charge in [-0.2, -0.15) is 0 Å². The molecule has 0 aliphatic heterocycles. The van der Waals surface area contributed by atoms with Crippen LogP contribution in [-0.4, -0.2) is 7.18 Å². The summed E-state index contributed by atoms with van der Waals surface area (Å²) in [5.41, 5.74) is 0. The third-order valence-electron chi connectivity index (χ3n) is 2.88. The van der Waals surface area contributed by atoms with E-state index in [9.17, 15) is 4.39 Å². The molecule has 0 aromatic carbocycles. The molecule has 0 spiro atoms. The van der Waals surface area contributed by atoms with Crippen LogP contribution in [0.5, 0.6) is 0 Å². The van der Waals surface area contributed by atoms with Crippen molar-refractivity contribution in [2.75, 3.05) is 7.18 Å². The lowest BCUT2D eigenvalue weighted by Gasteiger charge is -2.05. The van der Waals surface area contributed by atoms with Crippen molar-refractivity contribution in [1.82, 2.24) is 0 Å². The van der Waals surface area contributed by atoms with Crippen LogP contribution in [0, 0.1) is 23.7 Å². The Morgan fingerprint density at radius 2 is 0.667 bits per heavy atom. The summed E-state index contributed by atoms with van der Waals surface area (Å²) in [6.45, 7) is 22.3. The summed E-state index contributed by atoms with van der Waals surface area (Å²) < 4.78 is 9.50. The van der Waals surface area contributed by atoms with Gasteiger partial charge in [0.25, 0.3) is 0 Å². The van der Waals surface area contributed by atoms with Crippen molar-refractivity contribution in [2.24, 2.45) is 23.7 Å². The number of hydrogen-bond acceptors (Lipinski definition) is 0. The molecular weight excluding hydrogens is 259 g/mol. The maximum absolute atomic E-state index is 9.50. The fourth-order valence-corrected chi connectivity index (χ4v) is 1.60. The van der Waals surface area contributed by atoms with Crippen LogP contribution in [0.25, 0.3) is 0 Å². The van der Waals surface area contributed by atoms with E-state index in [0.29, 0.717) is 7.18 Å². The Hall–Kier alpha value is -0.0700. The average molecular weight is 307 g/mol. The van der Waals surface area contributed by atoms with Gasteiger partial charge in [-0.1, -0.05) is 101 Å². The van der Waals surface area contributed by atoms with Gasteiger partial charge in [0.1, 0.15) is 0 Å². The molecule has 21 heavy (non-hydrogen) atoms. The minimum absolute atomic E-state index is 0.500. The second-order valence-corrected chi connectivity index (χ2v) is 7.08. The van der Waals surface area contributed by atoms with E-state index in [1.54, 1.807) is 0 Å². The van der Waals surface area contributed by atoms with Gasteiger partial charge < -0.3 is 0 Å². The molecule has 0 aromatic rings. The monoisotopic (exact) mass is 306 g/mol. The summed E-state index contributed by atoms with van der Waals surface area (Å²) in [5, 5.41) is 0. The smallest absolute Gasteiger partial charge is 0.0785 e. The first kappa shape index (κ1) is 29.0. The Balaban J connectivity index is -0.000000111. The predicted molar refractivity (Wildman–Crippen MR) is 101 cm³/mol. The van der Waals surface area contributed by atoms with Gasteiger partial charge in [-0.25, -0.2) is 0 Å². The topological polar surface area (TPSA) is 0 Å². The van der Waals surface area contributed by atoms with Gasteiger partial charge in [-0.3, -0.25) is 4.39 Å². The van der Waals surface area contributed by atoms with Crippen LogP contribution in [0.4, 0.5) is 4.39 Å². The summed E-state index contributed by atoms with van der Waals surface area (Å²) in [6, 6.07) is 0. The van der Waals surface area contributed by atoms with Crippen molar-refractivity contribution in [3.63, 3.8) is 0 Å². The van der Waals surface area contributed by atoms with Crippen molar-refractivity contribution in [3.8, 4) is 0 Å². The van der Waals surface area contributed by atoms with E-state index < -0.39 is 0 Å². The standard InChI is InChI=1S/C9H20.C8H18.C2H6.CH3F/c1-8(2)6-5-7-9(3)4;1-7(2)5-6-8(3)4;2*1-2/h8-9H,5-7H2,1-4H3;7-8H,5-6H2,1-4H3;1-2H3;1H3. The maximum atomic E-state index is 9.50. The third-order valence-corrected chi connectivity index (χ3v) is 2.88. The summed E-state index contributed by atoms with van der Waals surface area (Å²) in [5.74, 6) is 3.56. The largest absolute Gasteiger partial charge is 0.255 e. The lowest BCUT2D eigenvalue weighted by molar-refractivity contribution is 0.476. The molecule has 0 rings (SSSR count). The van der Waals surface area contributed by atoms with Crippen LogP contribution in [-0.2, 0) is 0 Å². The zero-order valence-corrected chi connectivity index (χ0v) is 17.2. The van der Waals surface area contributed by atoms with Gasteiger partial charge >= 0.3 is 0 Å². The van der Waals surface area contributed by atoms with Gasteiger partial charge in [0.05, 0.1) is 7.18 Å². The zero-order chi connectivity index (χ0) is 17.8. The van der Waals surface area contributed by atoms with Crippen molar-refractivity contribution >= 4 is 0 Å². The lowest BCUT2D eigenvalue weighted by Crippen LogP contribution is -1.91. The molecule has 0 aliphatic rings. The number of alkyl halides is 1. The summed E-state index contributed by atoms with van der Waals surface area (Å²) >= 11 is 0. The van der Waals surface area contributed by atoms with E-state index >= 15 is 0 Å². The fourth-order valence-electron chi connectivity index (χ4n) is 1.60. The quantitative estimate of drug-likeness (QED) is 0.445. The van der Waals surface area contributed by atoms with Crippen LogP contribution in [0.1, 0.15) is 101 Å². The fraction of sp³-hybridized carbons (Fsp3) is 1.00. The van der Waals surface area contributed by atoms with Gasteiger partial charge in [-0.05, 0) is 23.7 Å². The number of halogens is 1. The Morgan fingerprint density at radius 3 is 0.810 bits per heavy atom. The lowest BCUT2D eigenvalue weighted by atomic mass is 10.0. The summed E-state index contributed by atoms with van der Waals surface area (Å²) in [7, 11) is 0.500. The second-order valence-electron chi connectivity index (χ2n) is 7.08. The molecule has 1 heteroatoms. The van der Waals surface area contributed by atoms with Gasteiger partial charge in [0, 0.05) is 0 Å². The zero-order valence-electron chi connectivity index (χ0n) is 17.2. The van der Waals surface area contributed by atoms with E-state index in [4.69, 9.17) is 0 Å². The third kappa shape index (κ3) is 53.6. The molecule has 0 fully saturated rings. The SMILES string of the molecule is CC.CC(C)CCC(C)C.CC(C)CCCC(C)C.CF. The first-order chi connectivity index (χ1) is 9.75. The molecule has 0 amide bonds. The Labute approximate surface area is 137 Å². The van der Waals surface area contributed by atoms with Gasteiger partial charge in [-0.15, -0.1) is 0 Å². The van der Waals surface area contributed by atoms with Crippen molar-refractivity contribution in [3.05, 3.63) is 0 Å². The molecule has 134 valence electrons. The Kier molecular flexibility index (Phi) is 34.4. The molecule has 0 heterocycles. The van der Waals surface area contributed by atoms with Crippen molar-refractivity contribution < 1.29 is 4.39 Å². The predicted octanol–water partition coefficient (Wildman–Crippen LogP) is 8.16. The van der Waals surface area contributed by atoms with Crippen LogP contribution < -0.4 is 0 Å². The van der Waals surface area contributed by atoms with E-state index in [0.717, 1.165) is 23.7 Å². The molecule has 0 saturated heterocycles. The Morgan fingerprint density at radius 1 is 0.476 bits per heavy atom. The first-order valence-electron chi connectivity index (χ1n) is 9.13. The molecule has 0 atom stereocenters. The molecule has 0 aliphatic carbocycles. The molecule has 0 bridgehead atoms. The summed E-state index contributed by atoms with van der Waals surface area (Å²) in [4.78, 5) is 0. The number of rotatable bonds is 7. The van der Waals surface area contributed by atoms with Crippen LogP contribution in [0.3, 0.4) is 0 Å². The average Bonchev–Trinajstić information content (AvgIpc) is 2.41. The van der Waals surface area contributed by atoms with Crippen LogP contribution >= 0.6 is 0 Å². The molecule has 0 radical (unpaired) electrons. The van der Waals surface area contributed by atoms with Crippen LogP contribution in [0.15, 0.2) is 0 Å².